The highest BCUT2D eigenvalue weighted by Crippen LogP contribution is 2.25. The minimum absolute atomic E-state index is 0.0483. The summed E-state index contributed by atoms with van der Waals surface area (Å²) in [5.41, 5.74) is 2.88. The predicted octanol–water partition coefficient (Wildman–Crippen LogP) is 0.895. The topological polar surface area (TPSA) is 99.8 Å². The first-order valence-corrected chi connectivity index (χ1v) is 7.01. The standard InChI is InChI=1S/C14H14N6O2/c21-14(9-1-2-10-12(7-9)18-19-17-10)20-5-6-22-8-13(20)11-3-4-15-16-11/h1-4,7,13H,5-6,8H2,(H,15,16)(H,17,18,19). The van der Waals surface area contributed by atoms with E-state index in [-0.39, 0.29) is 11.9 Å². The molecule has 8 heteroatoms. The van der Waals surface area contributed by atoms with E-state index in [0.717, 1.165) is 11.2 Å². The second-order valence-corrected chi connectivity index (χ2v) is 5.13. The fraction of sp³-hybridized carbons (Fsp3) is 0.286. The summed E-state index contributed by atoms with van der Waals surface area (Å²) in [5.74, 6) is -0.0483. The lowest BCUT2D eigenvalue weighted by Gasteiger charge is -2.35. The summed E-state index contributed by atoms with van der Waals surface area (Å²) in [4.78, 5) is 14.7. The first-order valence-electron chi connectivity index (χ1n) is 7.01. The van der Waals surface area contributed by atoms with Crippen molar-refractivity contribution in [1.82, 2.24) is 30.5 Å². The molecule has 0 aliphatic carbocycles. The molecule has 22 heavy (non-hydrogen) atoms. The van der Waals surface area contributed by atoms with Crippen LogP contribution in [0.3, 0.4) is 0 Å². The van der Waals surface area contributed by atoms with E-state index >= 15 is 0 Å². The number of aromatic amines is 2. The molecule has 1 aliphatic heterocycles. The minimum Gasteiger partial charge on any atom is -0.377 e. The third-order valence-electron chi connectivity index (χ3n) is 3.83. The van der Waals surface area contributed by atoms with Gasteiger partial charge >= 0.3 is 0 Å². The molecule has 2 aromatic heterocycles. The maximum Gasteiger partial charge on any atom is 0.254 e. The van der Waals surface area contributed by atoms with Crippen molar-refractivity contribution in [3.63, 3.8) is 0 Å². The number of nitrogens with one attached hydrogen (secondary N) is 2. The quantitative estimate of drug-likeness (QED) is 0.732. The molecule has 1 unspecified atom stereocenters. The largest absolute Gasteiger partial charge is 0.377 e. The zero-order valence-electron chi connectivity index (χ0n) is 11.7. The normalized spacial score (nSPS) is 18.7. The van der Waals surface area contributed by atoms with Crippen LogP contribution in [0.15, 0.2) is 30.5 Å². The van der Waals surface area contributed by atoms with Gasteiger partial charge in [-0.15, -0.1) is 0 Å². The predicted molar refractivity (Wildman–Crippen MR) is 77.1 cm³/mol. The Morgan fingerprint density at radius 2 is 2.18 bits per heavy atom. The molecule has 112 valence electrons. The van der Waals surface area contributed by atoms with Crippen molar-refractivity contribution in [3.05, 3.63) is 41.7 Å². The van der Waals surface area contributed by atoms with Crippen LogP contribution < -0.4 is 0 Å². The first-order chi connectivity index (χ1) is 10.8. The van der Waals surface area contributed by atoms with E-state index in [1.165, 1.54) is 0 Å². The molecule has 1 saturated heterocycles. The number of H-pyrrole nitrogens is 2. The Kier molecular flexibility index (Phi) is 3.08. The van der Waals surface area contributed by atoms with Crippen LogP contribution in [-0.2, 0) is 4.74 Å². The van der Waals surface area contributed by atoms with Crippen molar-refractivity contribution in [2.45, 2.75) is 6.04 Å². The third kappa shape index (κ3) is 2.13. The smallest absolute Gasteiger partial charge is 0.254 e. The van der Waals surface area contributed by atoms with Gasteiger partial charge in [-0.3, -0.25) is 9.89 Å². The number of nitrogens with zero attached hydrogens (tertiary/aromatic N) is 4. The lowest BCUT2D eigenvalue weighted by Crippen LogP contribution is -2.43. The van der Waals surface area contributed by atoms with Gasteiger partial charge in [0.15, 0.2) is 0 Å². The summed E-state index contributed by atoms with van der Waals surface area (Å²) >= 11 is 0. The Hall–Kier alpha value is -2.74. The number of carbonyl (C=O) groups is 1. The molecule has 1 aromatic carbocycles. The van der Waals surface area contributed by atoms with E-state index in [4.69, 9.17) is 4.74 Å². The lowest BCUT2D eigenvalue weighted by atomic mass is 10.1. The molecule has 1 atom stereocenters. The van der Waals surface area contributed by atoms with Gasteiger partial charge < -0.3 is 9.64 Å². The van der Waals surface area contributed by atoms with Crippen LogP contribution in [-0.4, -0.2) is 56.2 Å². The Bertz CT molecular complexity index is 797. The average molecular weight is 298 g/mol. The Morgan fingerprint density at radius 1 is 1.27 bits per heavy atom. The molecule has 1 fully saturated rings. The van der Waals surface area contributed by atoms with E-state index in [2.05, 4.69) is 25.6 Å². The number of benzene rings is 1. The number of ether oxygens (including phenoxy) is 1. The zero-order valence-corrected chi connectivity index (χ0v) is 11.7. The molecule has 0 bridgehead atoms. The van der Waals surface area contributed by atoms with Gasteiger partial charge in [0.25, 0.3) is 5.91 Å². The molecule has 8 nitrogen and oxygen atoms in total. The number of rotatable bonds is 2. The van der Waals surface area contributed by atoms with Crippen LogP contribution in [0.5, 0.6) is 0 Å². The highest BCUT2D eigenvalue weighted by molar-refractivity contribution is 5.97. The Balaban J connectivity index is 1.67. The molecule has 0 saturated carbocycles. The number of morpholine rings is 1. The van der Waals surface area contributed by atoms with Crippen LogP contribution >= 0.6 is 0 Å². The maximum atomic E-state index is 12.8. The van der Waals surface area contributed by atoms with Crippen molar-refractivity contribution in [3.8, 4) is 0 Å². The molecule has 3 aromatic rings. The summed E-state index contributed by atoms with van der Waals surface area (Å²) in [6.07, 6.45) is 1.67. The highest BCUT2D eigenvalue weighted by Gasteiger charge is 2.30. The van der Waals surface area contributed by atoms with Crippen molar-refractivity contribution in [1.29, 1.82) is 0 Å². The van der Waals surface area contributed by atoms with Crippen molar-refractivity contribution < 1.29 is 9.53 Å². The molecule has 3 heterocycles. The van der Waals surface area contributed by atoms with E-state index < -0.39 is 0 Å². The first kappa shape index (κ1) is 13.0. The number of amides is 1. The summed E-state index contributed by atoms with van der Waals surface area (Å²) < 4.78 is 5.51. The second-order valence-electron chi connectivity index (χ2n) is 5.13. The van der Waals surface area contributed by atoms with E-state index in [1.807, 2.05) is 6.07 Å². The summed E-state index contributed by atoms with van der Waals surface area (Å²) in [5, 5.41) is 17.5. The monoisotopic (exact) mass is 298 g/mol. The number of carbonyl (C=O) groups excluding carboxylic acids is 1. The van der Waals surface area contributed by atoms with Crippen LogP contribution in [0.4, 0.5) is 0 Å². The van der Waals surface area contributed by atoms with E-state index in [1.54, 1.807) is 29.3 Å². The molecule has 1 amide bonds. The second kappa shape index (κ2) is 5.23. The summed E-state index contributed by atoms with van der Waals surface area (Å²) in [7, 11) is 0. The van der Waals surface area contributed by atoms with Crippen LogP contribution in [0.25, 0.3) is 11.0 Å². The summed E-state index contributed by atoms with van der Waals surface area (Å²) in [6, 6.07) is 7.02. The average Bonchev–Trinajstić information content (AvgIpc) is 3.24. The number of aromatic nitrogens is 5. The third-order valence-corrected chi connectivity index (χ3v) is 3.83. The van der Waals surface area contributed by atoms with Gasteiger partial charge in [-0.05, 0) is 24.3 Å². The van der Waals surface area contributed by atoms with Crippen molar-refractivity contribution in [2.75, 3.05) is 19.8 Å². The van der Waals surface area contributed by atoms with Gasteiger partial charge in [-0.1, -0.05) is 0 Å². The van der Waals surface area contributed by atoms with Gasteiger partial charge in [0.2, 0.25) is 0 Å². The van der Waals surface area contributed by atoms with Gasteiger partial charge in [-0.2, -0.15) is 20.5 Å². The molecule has 0 radical (unpaired) electrons. The number of hydrogen-bond acceptors (Lipinski definition) is 5. The van der Waals surface area contributed by atoms with Crippen molar-refractivity contribution in [2.24, 2.45) is 0 Å². The van der Waals surface area contributed by atoms with E-state index in [0.29, 0.717) is 30.8 Å². The van der Waals surface area contributed by atoms with Gasteiger partial charge in [-0.25, -0.2) is 0 Å². The van der Waals surface area contributed by atoms with Crippen LogP contribution in [0.2, 0.25) is 0 Å². The minimum atomic E-state index is -0.156. The SMILES string of the molecule is O=C(c1ccc2n[nH]nc2c1)N1CCOCC1c1ccn[nH]1. The van der Waals surface area contributed by atoms with Gasteiger partial charge in [0.1, 0.15) is 11.0 Å². The zero-order chi connectivity index (χ0) is 14.9. The van der Waals surface area contributed by atoms with Crippen molar-refractivity contribution >= 4 is 16.9 Å². The fourth-order valence-electron chi connectivity index (χ4n) is 2.70. The van der Waals surface area contributed by atoms with Gasteiger partial charge in [0, 0.05) is 18.3 Å². The Morgan fingerprint density at radius 3 is 3.05 bits per heavy atom. The highest BCUT2D eigenvalue weighted by atomic mass is 16.5. The fourth-order valence-corrected chi connectivity index (χ4v) is 2.70. The molecular formula is C14H14N6O2. The van der Waals surface area contributed by atoms with Crippen LogP contribution in [0, 0.1) is 0 Å². The molecule has 0 spiro atoms. The molecule has 1 aliphatic rings. The Labute approximate surface area is 125 Å². The molecular weight excluding hydrogens is 284 g/mol. The number of hydrogen-bond donors (Lipinski definition) is 2. The number of fused-ring (bicyclic) bond motifs is 1. The van der Waals surface area contributed by atoms with Crippen LogP contribution in [0.1, 0.15) is 22.1 Å². The van der Waals surface area contributed by atoms with E-state index in [9.17, 15) is 4.79 Å². The van der Waals surface area contributed by atoms with Gasteiger partial charge in [0.05, 0.1) is 24.9 Å². The molecule has 2 N–H and O–H groups in total. The molecule has 4 rings (SSSR count). The maximum absolute atomic E-state index is 12.8. The lowest BCUT2D eigenvalue weighted by molar-refractivity contribution is -0.00390. The summed E-state index contributed by atoms with van der Waals surface area (Å²) in [6.45, 7) is 1.53.